The van der Waals surface area contributed by atoms with Crippen LogP contribution in [-0.2, 0) is 4.74 Å². The molecule has 1 saturated heterocycles. The van der Waals surface area contributed by atoms with E-state index in [9.17, 15) is 0 Å². The van der Waals surface area contributed by atoms with Gasteiger partial charge in [-0.1, -0.05) is 11.2 Å². The molecule has 3 aromatic rings. The average Bonchev–Trinajstić information content (AvgIpc) is 3.27. The molecule has 3 aromatic heterocycles. The van der Waals surface area contributed by atoms with Gasteiger partial charge in [-0.05, 0) is 18.1 Å². The summed E-state index contributed by atoms with van der Waals surface area (Å²) >= 11 is 0. The first-order valence-electron chi connectivity index (χ1n) is 6.77. The number of aromatic amines is 1. The van der Waals surface area contributed by atoms with Crippen LogP contribution in [0.2, 0.25) is 0 Å². The fourth-order valence-corrected chi connectivity index (χ4v) is 2.58. The summed E-state index contributed by atoms with van der Waals surface area (Å²) in [6, 6.07) is 3.90. The summed E-state index contributed by atoms with van der Waals surface area (Å²) in [6.07, 6.45) is 7.69. The van der Waals surface area contributed by atoms with Crippen LogP contribution in [0.4, 0.5) is 0 Å². The van der Waals surface area contributed by atoms with E-state index in [0.717, 1.165) is 12.0 Å². The summed E-state index contributed by atoms with van der Waals surface area (Å²) in [6.45, 7) is 0.669. The second-order valence-electron chi connectivity index (χ2n) is 4.87. The number of nitrogens with zero attached hydrogens (tertiary/aromatic N) is 4. The Morgan fingerprint density at radius 1 is 1.29 bits per heavy atom. The first kappa shape index (κ1) is 12.2. The van der Waals surface area contributed by atoms with Crippen molar-refractivity contribution in [2.75, 3.05) is 6.61 Å². The van der Waals surface area contributed by atoms with Crippen LogP contribution in [-0.4, -0.2) is 31.7 Å². The van der Waals surface area contributed by atoms with Gasteiger partial charge in [-0.25, -0.2) is 4.98 Å². The molecular weight excluding hydrogens is 270 g/mol. The van der Waals surface area contributed by atoms with E-state index in [-0.39, 0.29) is 12.0 Å². The summed E-state index contributed by atoms with van der Waals surface area (Å²) in [5.74, 6) is 1.69. The second-order valence-corrected chi connectivity index (χ2v) is 4.87. The van der Waals surface area contributed by atoms with E-state index >= 15 is 0 Å². The topological polar surface area (TPSA) is 89.7 Å². The molecule has 1 fully saturated rings. The molecule has 7 heteroatoms. The molecule has 2 atom stereocenters. The van der Waals surface area contributed by atoms with Crippen LogP contribution in [0.3, 0.4) is 0 Å². The van der Waals surface area contributed by atoms with E-state index < -0.39 is 0 Å². The number of hydrogen-bond acceptors (Lipinski definition) is 6. The van der Waals surface area contributed by atoms with E-state index in [1.807, 2.05) is 18.3 Å². The van der Waals surface area contributed by atoms with Gasteiger partial charge in [0.05, 0.1) is 12.0 Å². The second kappa shape index (κ2) is 5.10. The molecule has 0 bridgehead atoms. The van der Waals surface area contributed by atoms with Crippen molar-refractivity contribution in [3.63, 3.8) is 0 Å². The minimum Gasteiger partial charge on any atom is -0.373 e. The summed E-state index contributed by atoms with van der Waals surface area (Å²) in [4.78, 5) is 15.7. The van der Waals surface area contributed by atoms with Crippen LogP contribution < -0.4 is 0 Å². The molecule has 7 nitrogen and oxygen atoms in total. The third kappa shape index (κ3) is 2.21. The van der Waals surface area contributed by atoms with E-state index in [1.165, 1.54) is 0 Å². The zero-order chi connectivity index (χ0) is 14.1. The van der Waals surface area contributed by atoms with Gasteiger partial charge in [0, 0.05) is 31.4 Å². The van der Waals surface area contributed by atoms with Crippen molar-refractivity contribution < 1.29 is 9.26 Å². The molecule has 0 aliphatic carbocycles. The highest BCUT2D eigenvalue weighted by Gasteiger charge is 2.35. The number of rotatable bonds is 3. The van der Waals surface area contributed by atoms with Gasteiger partial charge in [0.2, 0.25) is 11.7 Å². The Labute approximate surface area is 120 Å². The highest BCUT2D eigenvalue weighted by Crippen LogP contribution is 2.40. The number of ether oxygens (including phenoxy) is 1. The minimum absolute atomic E-state index is 0.0467. The smallest absolute Gasteiger partial charge is 0.238 e. The summed E-state index contributed by atoms with van der Waals surface area (Å²) in [5, 5.41) is 3.98. The first-order chi connectivity index (χ1) is 10.4. The SMILES string of the molecule is c1cncc([C@H]2OCC[C@@H]2c2nc(-c3ncc[nH]3)no2)c1. The van der Waals surface area contributed by atoms with Gasteiger partial charge >= 0.3 is 0 Å². The van der Waals surface area contributed by atoms with Crippen LogP contribution in [0.5, 0.6) is 0 Å². The van der Waals surface area contributed by atoms with Gasteiger partial charge in [-0.15, -0.1) is 0 Å². The number of imidazole rings is 1. The lowest BCUT2D eigenvalue weighted by atomic mass is 9.96. The minimum atomic E-state index is -0.0939. The Morgan fingerprint density at radius 2 is 2.29 bits per heavy atom. The lowest BCUT2D eigenvalue weighted by Gasteiger charge is -2.14. The van der Waals surface area contributed by atoms with Crippen molar-refractivity contribution in [2.24, 2.45) is 0 Å². The quantitative estimate of drug-likeness (QED) is 0.791. The molecule has 106 valence electrons. The molecule has 0 radical (unpaired) electrons. The average molecular weight is 283 g/mol. The molecule has 0 aromatic carbocycles. The van der Waals surface area contributed by atoms with Gasteiger partial charge in [-0.3, -0.25) is 4.98 Å². The molecule has 0 unspecified atom stereocenters. The maximum Gasteiger partial charge on any atom is 0.238 e. The lowest BCUT2D eigenvalue weighted by Crippen LogP contribution is -2.06. The van der Waals surface area contributed by atoms with Crippen LogP contribution in [0.1, 0.15) is 29.9 Å². The van der Waals surface area contributed by atoms with Crippen molar-refractivity contribution in [3.8, 4) is 11.6 Å². The monoisotopic (exact) mass is 283 g/mol. The van der Waals surface area contributed by atoms with E-state index in [1.54, 1.807) is 18.6 Å². The van der Waals surface area contributed by atoms with E-state index in [2.05, 4.69) is 25.1 Å². The first-order valence-corrected chi connectivity index (χ1v) is 6.77. The third-order valence-corrected chi connectivity index (χ3v) is 3.57. The Morgan fingerprint density at radius 3 is 3.10 bits per heavy atom. The maximum atomic E-state index is 5.81. The van der Waals surface area contributed by atoms with Gasteiger partial charge in [-0.2, -0.15) is 4.98 Å². The van der Waals surface area contributed by atoms with Gasteiger partial charge in [0.15, 0.2) is 5.82 Å². The predicted octanol–water partition coefficient (Wildman–Crippen LogP) is 2.10. The normalized spacial score (nSPS) is 21.7. The summed E-state index contributed by atoms with van der Waals surface area (Å²) in [7, 11) is 0. The predicted molar refractivity (Wildman–Crippen MR) is 72.2 cm³/mol. The van der Waals surface area contributed by atoms with Gasteiger partial charge in [0.25, 0.3) is 0 Å². The number of H-pyrrole nitrogens is 1. The van der Waals surface area contributed by atoms with Crippen LogP contribution in [0, 0.1) is 0 Å². The van der Waals surface area contributed by atoms with Crippen LogP contribution in [0.25, 0.3) is 11.6 Å². The van der Waals surface area contributed by atoms with Crippen molar-refractivity contribution in [3.05, 3.63) is 48.4 Å². The van der Waals surface area contributed by atoms with Gasteiger partial charge in [0.1, 0.15) is 0 Å². The maximum absolute atomic E-state index is 5.81. The highest BCUT2D eigenvalue weighted by atomic mass is 16.5. The summed E-state index contributed by atoms with van der Waals surface area (Å²) < 4.78 is 11.2. The molecule has 0 amide bonds. The standard InChI is InChI=1S/C14H13N5O2/c1-2-9(8-15-4-1)11-10(3-7-20-11)14-18-13(19-21-14)12-16-5-6-17-12/h1-2,4-6,8,10-11H,3,7H2,(H,16,17)/t10-,11+/m0/s1. The molecule has 1 aliphatic heterocycles. The zero-order valence-electron chi connectivity index (χ0n) is 11.1. The zero-order valence-corrected chi connectivity index (χ0v) is 11.1. The molecular formula is C14H13N5O2. The van der Waals surface area contributed by atoms with Gasteiger partial charge < -0.3 is 14.2 Å². The van der Waals surface area contributed by atoms with Crippen LogP contribution in [0.15, 0.2) is 41.4 Å². The van der Waals surface area contributed by atoms with Crippen molar-refractivity contribution in [1.82, 2.24) is 25.1 Å². The molecule has 0 spiro atoms. The van der Waals surface area contributed by atoms with E-state index in [0.29, 0.717) is 24.1 Å². The fourth-order valence-electron chi connectivity index (χ4n) is 2.58. The Bertz CT molecular complexity index is 710. The van der Waals surface area contributed by atoms with Crippen molar-refractivity contribution in [1.29, 1.82) is 0 Å². The Hall–Kier alpha value is -2.54. The largest absolute Gasteiger partial charge is 0.373 e. The Kier molecular flexibility index (Phi) is 2.97. The molecule has 1 aliphatic rings. The van der Waals surface area contributed by atoms with E-state index in [4.69, 9.17) is 9.26 Å². The lowest BCUT2D eigenvalue weighted by molar-refractivity contribution is 0.0984. The van der Waals surface area contributed by atoms with Crippen LogP contribution >= 0.6 is 0 Å². The fraction of sp³-hybridized carbons (Fsp3) is 0.286. The number of nitrogens with one attached hydrogen (secondary N) is 1. The molecule has 4 heterocycles. The summed E-state index contributed by atoms with van der Waals surface area (Å²) in [5.41, 5.74) is 1.03. The van der Waals surface area contributed by atoms with Crippen molar-refractivity contribution >= 4 is 0 Å². The molecule has 1 N–H and O–H groups in total. The molecule has 0 saturated carbocycles. The number of aromatic nitrogens is 5. The third-order valence-electron chi connectivity index (χ3n) is 3.57. The molecule has 4 rings (SSSR count). The highest BCUT2D eigenvalue weighted by molar-refractivity contribution is 5.41. The number of hydrogen-bond donors (Lipinski definition) is 1. The molecule has 21 heavy (non-hydrogen) atoms. The Balaban J connectivity index is 1.63. The number of pyridine rings is 1. The van der Waals surface area contributed by atoms with Crippen molar-refractivity contribution in [2.45, 2.75) is 18.4 Å².